The van der Waals surface area contributed by atoms with E-state index < -0.39 is 21.2 Å². The lowest BCUT2D eigenvalue weighted by Crippen LogP contribution is -2.48. The molecule has 1 atom stereocenters. The molecule has 15 heavy (non-hydrogen) atoms. The van der Waals surface area contributed by atoms with E-state index in [1.165, 1.54) is 0 Å². The number of aldehydes is 1. The molecule has 1 fully saturated rings. The van der Waals surface area contributed by atoms with Gasteiger partial charge in [0.1, 0.15) is 11.7 Å². The van der Waals surface area contributed by atoms with Crippen LogP contribution in [0.15, 0.2) is 0 Å². The highest BCUT2D eigenvalue weighted by molar-refractivity contribution is 7.92. The highest BCUT2D eigenvalue weighted by Crippen LogP contribution is 2.16. The van der Waals surface area contributed by atoms with Gasteiger partial charge in [0.2, 0.25) is 0 Å². The Morgan fingerprint density at radius 3 is 2.73 bits per heavy atom. The zero-order chi connectivity index (χ0) is 11.3. The summed E-state index contributed by atoms with van der Waals surface area (Å²) in [6.45, 7) is -0.112. The standard InChI is InChI=1S/C8H14N2O4S/c11-5-4-9-8(12)10-7-3-1-2-6-15(7,13)14/h5,7H,1-4,6H2,(H2,9,10,12). The van der Waals surface area contributed by atoms with Crippen molar-refractivity contribution in [3.8, 4) is 0 Å². The van der Waals surface area contributed by atoms with E-state index in [0.29, 0.717) is 19.1 Å². The Hall–Kier alpha value is -1.11. The van der Waals surface area contributed by atoms with E-state index in [4.69, 9.17) is 0 Å². The van der Waals surface area contributed by atoms with Gasteiger partial charge in [-0.3, -0.25) is 0 Å². The SMILES string of the molecule is O=CCNC(=O)NC1CCCCS1(=O)=O. The summed E-state index contributed by atoms with van der Waals surface area (Å²) in [7, 11) is -3.20. The minimum Gasteiger partial charge on any atom is -0.331 e. The van der Waals surface area contributed by atoms with Gasteiger partial charge in [-0.05, 0) is 19.3 Å². The van der Waals surface area contributed by atoms with Gasteiger partial charge in [-0.15, -0.1) is 0 Å². The van der Waals surface area contributed by atoms with Gasteiger partial charge >= 0.3 is 6.03 Å². The Bertz CT molecular complexity index is 339. The fourth-order valence-corrected chi connectivity index (χ4v) is 3.15. The van der Waals surface area contributed by atoms with E-state index in [1.807, 2.05) is 0 Å². The first kappa shape index (κ1) is 12.0. The third-order valence-corrected chi connectivity index (χ3v) is 4.29. The van der Waals surface area contributed by atoms with Crippen molar-refractivity contribution >= 4 is 22.2 Å². The predicted molar refractivity (Wildman–Crippen MR) is 54.0 cm³/mol. The molecule has 7 heteroatoms. The van der Waals surface area contributed by atoms with E-state index in [2.05, 4.69) is 10.6 Å². The van der Waals surface area contributed by atoms with Crippen molar-refractivity contribution in [2.75, 3.05) is 12.3 Å². The minimum absolute atomic E-state index is 0.112. The molecule has 1 aliphatic heterocycles. The van der Waals surface area contributed by atoms with Crippen LogP contribution < -0.4 is 10.6 Å². The summed E-state index contributed by atoms with van der Waals surface area (Å²) in [5.41, 5.74) is 0. The molecule has 1 saturated heterocycles. The van der Waals surface area contributed by atoms with Gasteiger partial charge in [-0.2, -0.15) is 0 Å². The Kier molecular flexibility index (Phi) is 4.07. The molecule has 6 nitrogen and oxygen atoms in total. The number of nitrogens with one attached hydrogen (secondary N) is 2. The summed E-state index contributed by atoms with van der Waals surface area (Å²) in [5, 5.41) is 3.77. The number of hydrogen-bond donors (Lipinski definition) is 2. The van der Waals surface area contributed by atoms with Crippen molar-refractivity contribution in [2.45, 2.75) is 24.6 Å². The number of carbonyl (C=O) groups is 2. The van der Waals surface area contributed by atoms with Crippen LogP contribution in [-0.2, 0) is 14.6 Å². The van der Waals surface area contributed by atoms with E-state index in [0.717, 1.165) is 6.42 Å². The second kappa shape index (κ2) is 5.11. The monoisotopic (exact) mass is 234 g/mol. The molecule has 0 bridgehead atoms. The lowest BCUT2D eigenvalue weighted by molar-refractivity contribution is -0.107. The van der Waals surface area contributed by atoms with Crippen LogP contribution in [0.25, 0.3) is 0 Å². The van der Waals surface area contributed by atoms with Crippen LogP contribution in [0.4, 0.5) is 4.79 Å². The number of rotatable bonds is 3. The quantitative estimate of drug-likeness (QED) is 0.638. The highest BCUT2D eigenvalue weighted by atomic mass is 32.2. The number of amides is 2. The summed E-state index contributed by atoms with van der Waals surface area (Å²) >= 11 is 0. The Morgan fingerprint density at radius 1 is 1.40 bits per heavy atom. The summed E-state index contributed by atoms with van der Waals surface area (Å²) in [5.74, 6) is 0.117. The molecule has 0 aromatic heterocycles. The molecule has 2 amide bonds. The van der Waals surface area contributed by atoms with Crippen LogP contribution in [0, 0.1) is 0 Å². The lowest BCUT2D eigenvalue weighted by atomic mass is 10.2. The second-order valence-corrected chi connectivity index (χ2v) is 5.68. The first-order valence-electron chi connectivity index (χ1n) is 4.76. The minimum atomic E-state index is -3.20. The van der Waals surface area contributed by atoms with E-state index in [-0.39, 0.29) is 12.3 Å². The van der Waals surface area contributed by atoms with Crippen molar-refractivity contribution in [1.82, 2.24) is 10.6 Å². The zero-order valence-corrected chi connectivity index (χ0v) is 9.05. The molecular formula is C8H14N2O4S. The second-order valence-electron chi connectivity index (χ2n) is 3.37. The zero-order valence-electron chi connectivity index (χ0n) is 8.23. The molecule has 0 spiro atoms. The van der Waals surface area contributed by atoms with Crippen molar-refractivity contribution < 1.29 is 18.0 Å². The van der Waals surface area contributed by atoms with E-state index in [9.17, 15) is 18.0 Å². The molecule has 0 saturated carbocycles. The smallest absolute Gasteiger partial charge is 0.316 e. The van der Waals surface area contributed by atoms with Crippen LogP contribution >= 0.6 is 0 Å². The van der Waals surface area contributed by atoms with Gasteiger partial charge in [-0.25, -0.2) is 13.2 Å². The molecule has 1 unspecified atom stereocenters. The number of urea groups is 1. The fourth-order valence-electron chi connectivity index (χ4n) is 1.45. The van der Waals surface area contributed by atoms with Gasteiger partial charge in [0, 0.05) is 0 Å². The third kappa shape index (κ3) is 3.50. The van der Waals surface area contributed by atoms with Crippen molar-refractivity contribution in [3.63, 3.8) is 0 Å². The average molecular weight is 234 g/mol. The number of sulfone groups is 1. The maximum absolute atomic E-state index is 11.5. The topological polar surface area (TPSA) is 92.3 Å². The first-order valence-corrected chi connectivity index (χ1v) is 6.47. The van der Waals surface area contributed by atoms with Crippen LogP contribution in [0.1, 0.15) is 19.3 Å². The molecule has 0 aromatic rings. The average Bonchev–Trinajstić information content (AvgIpc) is 2.18. The van der Waals surface area contributed by atoms with Gasteiger partial charge in [0.15, 0.2) is 9.84 Å². The molecule has 0 aromatic carbocycles. The predicted octanol–water partition coefficient (Wildman–Crippen LogP) is -0.591. The van der Waals surface area contributed by atoms with Crippen LogP contribution in [0.2, 0.25) is 0 Å². The summed E-state index contributed by atoms with van der Waals surface area (Å²) in [6, 6.07) is -0.613. The van der Waals surface area contributed by atoms with Gasteiger partial charge in [0.05, 0.1) is 12.3 Å². The Labute approximate surface area is 88.3 Å². The third-order valence-electron chi connectivity index (χ3n) is 2.22. The number of hydrogen-bond acceptors (Lipinski definition) is 4. The molecule has 86 valence electrons. The van der Waals surface area contributed by atoms with Gasteiger partial charge in [0.25, 0.3) is 0 Å². The van der Waals surface area contributed by atoms with Crippen LogP contribution in [-0.4, -0.2) is 38.4 Å². The lowest BCUT2D eigenvalue weighted by Gasteiger charge is -2.22. The van der Waals surface area contributed by atoms with Crippen molar-refractivity contribution in [3.05, 3.63) is 0 Å². The normalized spacial score (nSPS) is 24.1. The van der Waals surface area contributed by atoms with E-state index >= 15 is 0 Å². The molecule has 0 radical (unpaired) electrons. The number of carbonyl (C=O) groups excluding carboxylic acids is 2. The Morgan fingerprint density at radius 2 is 2.13 bits per heavy atom. The Balaban J connectivity index is 2.49. The molecule has 0 aliphatic carbocycles. The molecule has 1 aliphatic rings. The van der Waals surface area contributed by atoms with E-state index in [1.54, 1.807) is 0 Å². The molecule has 1 heterocycles. The summed E-state index contributed by atoms with van der Waals surface area (Å²) in [6.07, 6.45) is 2.42. The molecule has 1 rings (SSSR count). The molecule has 2 N–H and O–H groups in total. The van der Waals surface area contributed by atoms with Crippen LogP contribution in [0.3, 0.4) is 0 Å². The van der Waals surface area contributed by atoms with Gasteiger partial charge in [-0.1, -0.05) is 0 Å². The van der Waals surface area contributed by atoms with Crippen LogP contribution in [0.5, 0.6) is 0 Å². The summed E-state index contributed by atoms with van der Waals surface area (Å²) in [4.78, 5) is 21.1. The fraction of sp³-hybridized carbons (Fsp3) is 0.750. The maximum atomic E-state index is 11.5. The maximum Gasteiger partial charge on any atom is 0.316 e. The molecular weight excluding hydrogens is 220 g/mol. The van der Waals surface area contributed by atoms with Crippen molar-refractivity contribution in [2.24, 2.45) is 0 Å². The summed E-state index contributed by atoms with van der Waals surface area (Å²) < 4.78 is 23.0. The largest absolute Gasteiger partial charge is 0.331 e. The first-order chi connectivity index (χ1) is 7.06. The highest BCUT2D eigenvalue weighted by Gasteiger charge is 2.29. The van der Waals surface area contributed by atoms with Crippen molar-refractivity contribution in [1.29, 1.82) is 0 Å². The van der Waals surface area contributed by atoms with Gasteiger partial charge < -0.3 is 15.4 Å².